The molecule has 1 aliphatic heterocycles. The number of oxime groups is 1. The summed E-state index contributed by atoms with van der Waals surface area (Å²) in [5.41, 5.74) is 1.56. The van der Waals surface area contributed by atoms with E-state index in [1.165, 1.54) is 5.57 Å². The van der Waals surface area contributed by atoms with Gasteiger partial charge in [0.05, 0.1) is 11.6 Å². The quantitative estimate of drug-likeness (QED) is 0.581. The van der Waals surface area contributed by atoms with Crippen molar-refractivity contribution in [3.8, 4) is 0 Å². The second-order valence-electron chi connectivity index (χ2n) is 3.46. The number of hydrogen-bond acceptors (Lipinski definition) is 2. The Morgan fingerprint density at radius 2 is 2.58 bits per heavy atom. The van der Waals surface area contributed by atoms with Crippen LogP contribution < -0.4 is 0 Å². The zero-order valence-corrected chi connectivity index (χ0v) is 7.29. The summed E-state index contributed by atoms with van der Waals surface area (Å²) in [4.78, 5) is 5.02. The highest BCUT2D eigenvalue weighted by molar-refractivity contribution is 5.71. The molecule has 0 saturated heterocycles. The number of hydrogen-bond donors (Lipinski definition) is 0. The predicted molar refractivity (Wildman–Crippen MR) is 49.0 cm³/mol. The summed E-state index contributed by atoms with van der Waals surface area (Å²) in [5, 5.41) is 3.83. The Kier molecular flexibility index (Phi) is 1.75. The van der Waals surface area contributed by atoms with E-state index in [2.05, 4.69) is 30.3 Å². The van der Waals surface area contributed by atoms with Crippen LogP contribution in [-0.4, -0.2) is 12.8 Å². The lowest BCUT2D eigenvalue weighted by atomic mass is 9.80. The first kappa shape index (κ1) is 7.59. The fraction of sp³-hybridized carbons (Fsp3) is 0.500. The SMILES string of the molecule is CCC1=CC=CC2(C=NOC2)C1. The van der Waals surface area contributed by atoms with Crippen molar-refractivity contribution in [3.05, 3.63) is 23.8 Å². The van der Waals surface area contributed by atoms with Crippen LogP contribution in [0.25, 0.3) is 0 Å². The molecule has 2 rings (SSSR count). The lowest BCUT2D eigenvalue weighted by Gasteiger charge is -2.23. The smallest absolute Gasteiger partial charge is 0.131 e. The Morgan fingerprint density at radius 1 is 1.67 bits per heavy atom. The summed E-state index contributed by atoms with van der Waals surface area (Å²) in [7, 11) is 0. The average molecular weight is 163 g/mol. The van der Waals surface area contributed by atoms with Crippen molar-refractivity contribution in [1.82, 2.24) is 0 Å². The minimum Gasteiger partial charge on any atom is -0.395 e. The third-order valence-electron chi connectivity index (χ3n) is 2.49. The van der Waals surface area contributed by atoms with Crippen LogP contribution in [0.4, 0.5) is 0 Å². The molecule has 0 fully saturated rings. The summed E-state index contributed by atoms with van der Waals surface area (Å²) in [6.45, 7) is 2.90. The normalized spacial score (nSPS) is 32.2. The number of allylic oxidation sites excluding steroid dienone is 3. The van der Waals surface area contributed by atoms with Crippen LogP contribution in [0.5, 0.6) is 0 Å². The van der Waals surface area contributed by atoms with Crippen LogP contribution >= 0.6 is 0 Å². The van der Waals surface area contributed by atoms with E-state index in [1.807, 2.05) is 6.21 Å². The molecule has 2 aliphatic rings. The standard InChI is InChI=1S/C10H13NO/c1-2-9-4-3-5-10(6-9)7-11-12-8-10/h3-5,7H,2,6,8H2,1H3. The second-order valence-corrected chi connectivity index (χ2v) is 3.46. The monoisotopic (exact) mass is 163 g/mol. The maximum atomic E-state index is 5.02. The zero-order chi connectivity index (χ0) is 8.44. The molecule has 0 radical (unpaired) electrons. The molecule has 0 N–H and O–H groups in total. The summed E-state index contributed by atoms with van der Waals surface area (Å²) in [6.07, 6.45) is 10.6. The maximum Gasteiger partial charge on any atom is 0.131 e. The van der Waals surface area contributed by atoms with Gasteiger partial charge in [-0.1, -0.05) is 35.9 Å². The van der Waals surface area contributed by atoms with Crippen LogP contribution in [0.2, 0.25) is 0 Å². The van der Waals surface area contributed by atoms with Crippen molar-refractivity contribution in [2.24, 2.45) is 10.6 Å². The Balaban J connectivity index is 2.18. The van der Waals surface area contributed by atoms with Gasteiger partial charge in [-0.25, -0.2) is 0 Å². The summed E-state index contributed by atoms with van der Waals surface area (Å²) >= 11 is 0. The first-order valence-corrected chi connectivity index (χ1v) is 4.38. The molecule has 1 heterocycles. The molecule has 0 aromatic carbocycles. The topological polar surface area (TPSA) is 21.6 Å². The Morgan fingerprint density at radius 3 is 3.25 bits per heavy atom. The van der Waals surface area contributed by atoms with Crippen molar-refractivity contribution in [3.63, 3.8) is 0 Å². The van der Waals surface area contributed by atoms with Crippen molar-refractivity contribution in [2.45, 2.75) is 19.8 Å². The molecule has 12 heavy (non-hydrogen) atoms. The van der Waals surface area contributed by atoms with E-state index >= 15 is 0 Å². The van der Waals surface area contributed by atoms with E-state index in [4.69, 9.17) is 4.84 Å². The first-order valence-electron chi connectivity index (χ1n) is 4.38. The van der Waals surface area contributed by atoms with E-state index < -0.39 is 0 Å². The highest BCUT2D eigenvalue weighted by atomic mass is 16.6. The predicted octanol–water partition coefficient (Wildman–Crippen LogP) is 2.29. The highest BCUT2D eigenvalue weighted by Crippen LogP contribution is 2.34. The van der Waals surface area contributed by atoms with Crippen molar-refractivity contribution in [2.75, 3.05) is 6.61 Å². The summed E-state index contributed by atoms with van der Waals surface area (Å²) in [5.74, 6) is 0. The van der Waals surface area contributed by atoms with Gasteiger partial charge in [0, 0.05) is 0 Å². The number of nitrogens with zero attached hydrogens (tertiary/aromatic N) is 1. The van der Waals surface area contributed by atoms with Gasteiger partial charge in [-0.2, -0.15) is 0 Å². The van der Waals surface area contributed by atoms with E-state index in [0.717, 1.165) is 12.8 Å². The highest BCUT2D eigenvalue weighted by Gasteiger charge is 2.32. The second kappa shape index (κ2) is 2.77. The molecule has 1 atom stereocenters. The van der Waals surface area contributed by atoms with Gasteiger partial charge in [0.2, 0.25) is 0 Å². The summed E-state index contributed by atoms with van der Waals surface area (Å²) in [6, 6.07) is 0. The lowest BCUT2D eigenvalue weighted by molar-refractivity contribution is 0.135. The minimum atomic E-state index is 0.0834. The lowest BCUT2D eigenvalue weighted by Crippen LogP contribution is -2.23. The first-order chi connectivity index (χ1) is 5.85. The fourth-order valence-corrected chi connectivity index (χ4v) is 1.68. The molecule has 2 nitrogen and oxygen atoms in total. The van der Waals surface area contributed by atoms with Gasteiger partial charge in [0.1, 0.15) is 6.61 Å². The van der Waals surface area contributed by atoms with Crippen molar-refractivity contribution < 1.29 is 4.84 Å². The molecule has 1 unspecified atom stereocenters. The van der Waals surface area contributed by atoms with E-state index in [1.54, 1.807) is 0 Å². The Hall–Kier alpha value is -1.05. The maximum absolute atomic E-state index is 5.02. The van der Waals surface area contributed by atoms with Gasteiger partial charge in [-0.05, 0) is 12.8 Å². The van der Waals surface area contributed by atoms with E-state index in [9.17, 15) is 0 Å². The van der Waals surface area contributed by atoms with Crippen LogP contribution in [0.15, 0.2) is 29.0 Å². The van der Waals surface area contributed by atoms with Gasteiger partial charge in [0.25, 0.3) is 0 Å². The molecule has 0 saturated carbocycles. The molecular weight excluding hydrogens is 150 g/mol. The van der Waals surface area contributed by atoms with Crippen LogP contribution in [0.3, 0.4) is 0 Å². The molecule has 0 aromatic heterocycles. The van der Waals surface area contributed by atoms with Gasteiger partial charge >= 0.3 is 0 Å². The molecule has 64 valence electrons. The van der Waals surface area contributed by atoms with Crippen LogP contribution in [-0.2, 0) is 4.84 Å². The fourth-order valence-electron chi connectivity index (χ4n) is 1.68. The van der Waals surface area contributed by atoms with Crippen LogP contribution in [0.1, 0.15) is 19.8 Å². The summed E-state index contributed by atoms with van der Waals surface area (Å²) < 4.78 is 0. The van der Waals surface area contributed by atoms with Gasteiger partial charge in [-0.3, -0.25) is 0 Å². The van der Waals surface area contributed by atoms with Crippen molar-refractivity contribution in [1.29, 1.82) is 0 Å². The molecular formula is C10H13NO. The molecule has 1 aliphatic carbocycles. The average Bonchev–Trinajstić information content (AvgIpc) is 2.53. The third-order valence-corrected chi connectivity index (χ3v) is 2.49. The Labute approximate surface area is 72.6 Å². The largest absolute Gasteiger partial charge is 0.395 e. The van der Waals surface area contributed by atoms with Gasteiger partial charge < -0.3 is 4.84 Å². The molecule has 0 amide bonds. The molecule has 1 spiro atoms. The molecule has 0 aromatic rings. The van der Waals surface area contributed by atoms with Crippen LogP contribution in [0, 0.1) is 5.41 Å². The molecule has 2 heteroatoms. The van der Waals surface area contributed by atoms with Crippen molar-refractivity contribution >= 4 is 6.21 Å². The number of rotatable bonds is 1. The Bertz CT molecular complexity index is 265. The van der Waals surface area contributed by atoms with Gasteiger partial charge in [-0.15, -0.1) is 0 Å². The minimum absolute atomic E-state index is 0.0834. The third kappa shape index (κ3) is 1.17. The molecule has 0 bridgehead atoms. The van der Waals surface area contributed by atoms with E-state index in [0.29, 0.717) is 6.61 Å². The van der Waals surface area contributed by atoms with E-state index in [-0.39, 0.29) is 5.41 Å². The van der Waals surface area contributed by atoms with Gasteiger partial charge in [0.15, 0.2) is 0 Å². The zero-order valence-electron chi connectivity index (χ0n) is 7.29.